The van der Waals surface area contributed by atoms with Gasteiger partial charge in [0.05, 0.1) is 0 Å². The monoisotopic (exact) mass is 551 g/mol. The smallest absolute Gasteiger partial charge is 0.266 e. The summed E-state index contributed by atoms with van der Waals surface area (Å²) in [7, 11) is 1.69. The van der Waals surface area contributed by atoms with Crippen LogP contribution in [-0.2, 0) is 20.6 Å². The highest BCUT2D eigenvalue weighted by molar-refractivity contribution is 9.10. The molecule has 5 N–H and O–H groups in total. The van der Waals surface area contributed by atoms with Crippen LogP contribution in [0.4, 0.5) is 0 Å². The Morgan fingerprint density at radius 2 is 1.93 bits per heavy atom. The highest BCUT2D eigenvalue weighted by atomic mass is 79.9. The number of nitrogens with zero attached hydrogens (tertiary/aromatic N) is 4. The first-order valence-corrected chi connectivity index (χ1v) is 10.3. The third kappa shape index (κ3) is 13.8. The standard InChI is InChI=1S/C7H9BrN4.C6H3BrN2.C2H7NO4S/c1-10-12-7(9)6-3-2-5(8)4-11-6;7-5-1-2-6(3-8)9-4-5;1-2-3-8(5)7-6-4/h2-4,10H,1H3,(H2,9,12);1-2,4H;3-4H,2H2,1H3. The van der Waals surface area contributed by atoms with Gasteiger partial charge in [0.15, 0.2) is 5.84 Å². The number of nitrogens with two attached hydrogens (primary N) is 1. The molecule has 0 radical (unpaired) electrons. The molecule has 0 aliphatic heterocycles. The Morgan fingerprint density at radius 1 is 1.31 bits per heavy atom. The summed E-state index contributed by atoms with van der Waals surface area (Å²) in [6.07, 6.45) is 3.27. The average Bonchev–Trinajstić information content (AvgIpc) is 2.71. The summed E-state index contributed by atoms with van der Waals surface area (Å²) in [5, 5.41) is 22.7. The van der Waals surface area contributed by atoms with Gasteiger partial charge in [0.2, 0.25) is 0 Å². The van der Waals surface area contributed by atoms with Crippen molar-refractivity contribution in [1.82, 2.24) is 20.1 Å². The minimum Gasteiger partial charge on any atom is -0.380 e. The van der Waals surface area contributed by atoms with E-state index in [1.54, 1.807) is 44.6 Å². The lowest BCUT2D eigenvalue weighted by molar-refractivity contribution is -0.435. The normalized spacial score (nSPS) is 11.1. The Kier molecular flexibility index (Phi) is 15.8. The first-order chi connectivity index (χ1) is 13.9. The third-order valence-corrected chi connectivity index (χ3v) is 4.07. The molecule has 0 aromatic carbocycles. The zero-order chi connectivity index (χ0) is 22.1. The number of halogens is 2. The summed E-state index contributed by atoms with van der Waals surface area (Å²) < 4.78 is 18.0. The zero-order valence-electron chi connectivity index (χ0n) is 15.4. The lowest BCUT2D eigenvalue weighted by Crippen LogP contribution is -2.18. The Labute approximate surface area is 187 Å². The van der Waals surface area contributed by atoms with Gasteiger partial charge in [0.25, 0.3) is 11.3 Å². The van der Waals surface area contributed by atoms with E-state index in [9.17, 15) is 4.21 Å². The number of hydrogen-bond donors (Lipinski definition) is 4. The van der Waals surface area contributed by atoms with E-state index in [-0.39, 0.29) is 0 Å². The minimum atomic E-state index is -1.74. The van der Waals surface area contributed by atoms with Gasteiger partial charge in [-0.15, -0.1) is 0 Å². The SMILES string of the molecule is CCNS(=O)OOO.CNN=C(N)c1ccc(Br)cn1.N#Cc1ccc(Br)cn1. The molecule has 2 aromatic heterocycles. The molecule has 0 bridgehead atoms. The van der Waals surface area contributed by atoms with Crippen molar-refractivity contribution in [2.45, 2.75) is 6.92 Å². The molecule has 0 saturated carbocycles. The Morgan fingerprint density at radius 3 is 2.34 bits per heavy atom. The lowest BCUT2D eigenvalue weighted by Gasteiger charge is -1.98. The predicted molar refractivity (Wildman–Crippen MR) is 115 cm³/mol. The zero-order valence-corrected chi connectivity index (χ0v) is 19.4. The molecular formula is C15H19Br2N7O4S. The van der Waals surface area contributed by atoms with Crippen molar-refractivity contribution in [3.8, 4) is 6.07 Å². The summed E-state index contributed by atoms with van der Waals surface area (Å²) in [5.41, 5.74) is 9.26. The van der Waals surface area contributed by atoms with E-state index in [1.165, 1.54) is 0 Å². The number of aromatic nitrogens is 2. The summed E-state index contributed by atoms with van der Waals surface area (Å²) in [6, 6.07) is 9.02. The van der Waals surface area contributed by atoms with E-state index in [4.69, 9.17) is 16.3 Å². The van der Waals surface area contributed by atoms with E-state index in [1.807, 2.05) is 12.1 Å². The number of hydrogen-bond acceptors (Lipinski definition) is 9. The highest BCUT2D eigenvalue weighted by Gasteiger charge is 1.98. The molecule has 0 aliphatic carbocycles. The van der Waals surface area contributed by atoms with Gasteiger partial charge >= 0.3 is 0 Å². The maximum Gasteiger partial charge on any atom is 0.266 e. The van der Waals surface area contributed by atoms with Crippen LogP contribution < -0.4 is 15.9 Å². The largest absolute Gasteiger partial charge is 0.380 e. The quantitative estimate of drug-likeness (QED) is 0.181. The summed E-state index contributed by atoms with van der Waals surface area (Å²) in [4.78, 5) is 7.84. The fourth-order valence-electron chi connectivity index (χ4n) is 1.32. The van der Waals surface area contributed by atoms with Crippen molar-refractivity contribution in [2.75, 3.05) is 13.6 Å². The number of nitriles is 1. The summed E-state index contributed by atoms with van der Waals surface area (Å²) >= 11 is 4.74. The topological polar surface area (TPSA) is 168 Å². The Balaban J connectivity index is 0.000000417. The lowest BCUT2D eigenvalue weighted by atomic mass is 10.3. The number of hydrazone groups is 1. The second-order valence-electron chi connectivity index (χ2n) is 4.43. The van der Waals surface area contributed by atoms with Crippen LogP contribution in [0.5, 0.6) is 0 Å². The first kappa shape index (κ1) is 27.0. The third-order valence-electron chi connectivity index (χ3n) is 2.42. The Hall–Kier alpha value is -1.99. The van der Waals surface area contributed by atoms with E-state index >= 15 is 0 Å². The summed E-state index contributed by atoms with van der Waals surface area (Å²) in [5.74, 6) is 0.380. The molecule has 0 spiro atoms. The second kappa shape index (κ2) is 16.9. The second-order valence-corrected chi connectivity index (χ2v) is 7.16. The molecule has 0 aliphatic rings. The molecule has 2 aromatic rings. The number of rotatable bonds is 6. The molecular weight excluding hydrogens is 534 g/mol. The van der Waals surface area contributed by atoms with Crippen LogP contribution in [0.25, 0.3) is 0 Å². The molecule has 2 heterocycles. The average molecular weight is 553 g/mol. The van der Waals surface area contributed by atoms with Crippen LogP contribution in [0, 0.1) is 11.3 Å². The molecule has 1 atom stereocenters. The molecule has 29 heavy (non-hydrogen) atoms. The molecule has 158 valence electrons. The van der Waals surface area contributed by atoms with Gasteiger partial charge in [-0.2, -0.15) is 10.4 Å². The van der Waals surface area contributed by atoms with Gasteiger partial charge in [-0.3, -0.25) is 4.98 Å². The van der Waals surface area contributed by atoms with Crippen molar-refractivity contribution in [1.29, 1.82) is 5.26 Å². The van der Waals surface area contributed by atoms with E-state index in [0.29, 0.717) is 23.8 Å². The van der Waals surface area contributed by atoms with E-state index in [0.717, 1.165) is 8.95 Å². The van der Waals surface area contributed by atoms with E-state index < -0.39 is 11.3 Å². The summed E-state index contributed by atoms with van der Waals surface area (Å²) in [6.45, 7) is 2.22. The number of pyridine rings is 2. The van der Waals surface area contributed by atoms with Gasteiger partial charge in [0, 0.05) is 34.9 Å². The van der Waals surface area contributed by atoms with Crippen LogP contribution in [-0.4, -0.2) is 38.9 Å². The molecule has 2 rings (SSSR count). The molecule has 11 nitrogen and oxygen atoms in total. The Bertz CT molecular complexity index is 794. The number of amidine groups is 1. The first-order valence-electron chi connectivity index (χ1n) is 7.65. The van der Waals surface area contributed by atoms with Crippen molar-refractivity contribution in [3.05, 3.63) is 57.0 Å². The van der Waals surface area contributed by atoms with Crippen LogP contribution in [0.15, 0.2) is 50.7 Å². The van der Waals surface area contributed by atoms with Crippen LogP contribution in [0.3, 0.4) is 0 Å². The van der Waals surface area contributed by atoms with Crippen molar-refractivity contribution in [2.24, 2.45) is 10.8 Å². The fourth-order valence-corrected chi connectivity index (χ4v) is 2.12. The number of nitrogens with one attached hydrogen (secondary N) is 2. The fraction of sp³-hybridized carbons (Fsp3) is 0.200. The van der Waals surface area contributed by atoms with Gasteiger partial charge in [-0.25, -0.2) is 19.2 Å². The molecule has 0 saturated heterocycles. The minimum absolute atomic E-state index is 0.380. The van der Waals surface area contributed by atoms with E-state index in [2.05, 4.69) is 66.4 Å². The molecule has 0 fully saturated rings. The molecule has 0 amide bonds. The molecule has 14 heteroatoms. The van der Waals surface area contributed by atoms with Crippen LogP contribution in [0.1, 0.15) is 18.3 Å². The van der Waals surface area contributed by atoms with Gasteiger partial charge in [0.1, 0.15) is 17.5 Å². The predicted octanol–water partition coefficient (Wildman–Crippen LogP) is 2.00. The van der Waals surface area contributed by atoms with Gasteiger partial charge < -0.3 is 11.2 Å². The van der Waals surface area contributed by atoms with Crippen LogP contribution >= 0.6 is 31.9 Å². The maximum atomic E-state index is 10.1. The van der Waals surface area contributed by atoms with Crippen molar-refractivity contribution in [3.63, 3.8) is 0 Å². The highest BCUT2D eigenvalue weighted by Crippen LogP contribution is 2.07. The maximum absolute atomic E-state index is 10.1. The molecule has 1 unspecified atom stereocenters. The van der Waals surface area contributed by atoms with Gasteiger partial charge in [-0.05, 0) is 56.1 Å². The van der Waals surface area contributed by atoms with Crippen molar-refractivity contribution < 1.29 is 18.8 Å². The van der Waals surface area contributed by atoms with Crippen molar-refractivity contribution >= 4 is 49.0 Å². The van der Waals surface area contributed by atoms with Gasteiger partial charge in [-0.1, -0.05) is 16.3 Å². The van der Waals surface area contributed by atoms with Crippen LogP contribution in [0.2, 0.25) is 0 Å².